The van der Waals surface area contributed by atoms with Crippen molar-refractivity contribution in [2.75, 3.05) is 24.6 Å². The molecule has 0 saturated carbocycles. The molecular formula is C16H27N3O. The van der Waals surface area contributed by atoms with Gasteiger partial charge in [-0.2, -0.15) is 0 Å². The summed E-state index contributed by atoms with van der Waals surface area (Å²) >= 11 is 0. The fraction of sp³-hybridized carbons (Fsp3) is 0.688. The first-order valence-corrected chi connectivity index (χ1v) is 7.83. The Hall–Kier alpha value is -1.13. The third-order valence-corrected chi connectivity index (χ3v) is 3.77. The highest BCUT2D eigenvalue weighted by molar-refractivity contribution is 5.43. The normalized spacial score (nSPS) is 19.4. The summed E-state index contributed by atoms with van der Waals surface area (Å²) < 4.78 is 5.77. The lowest BCUT2D eigenvalue weighted by Crippen LogP contribution is -2.40. The van der Waals surface area contributed by atoms with Crippen molar-refractivity contribution in [3.63, 3.8) is 0 Å². The quantitative estimate of drug-likeness (QED) is 0.868. The van der Waals surface area contributed by atoms with Crippen LogP contribution in [0.4, 0.5) is 5.82 Å². The molecule has 0 aromatic carbocycles. The van der Waals surface area contributed by atoms with Crippen molar-refractivity contribution in [3.05, 3.63) is 23.4 Å². The van der Waals surface area contributed by atoms with Crippen LogP contribution in [0.25, 0.3) is 0 Å². The lowest BCUT2D eigenvalue weighted by molar-refractivity contribution is 0.0525. The molecule has 1 atom stereocenters. The van der Waals surface area contributed by atoms with Crippen LogP contribution in [0.3, 0.4) is 0 Å². The molecule has 1 unspecified atom stereocenters. The smallest absolute Gasteiger partial charge is 0.129 e. The second-order valence-electron chi connectivity index (χ2n) is 5.44. The van der Waals surface area contributed by atoms with Crippen LogP contribution in [0.2, 0.25) is 0 Å². The molecule has 0 radical (unpaired) electrons. The van der Waals surface area contributed by atoms with Crippen molar-refractivity contribution in [1.29, 1.82) is 0 Å². The van der Waals surface area contributed by atoms with Gasteiger partial charge >= 0.3 is 0 Å². The predicted octanol–water partition coefficient (Wildman–Crippen LogP) is 2.50. The van der Waals surface area contributed by atoms with Gasteiger partial charge in [0.05, 0.1) is 6.10 Å². The largest absolute Gasteiger partial charge is 0.377 e. The lowest BCUT2D eigenvalue weighted by Gasteiger charge is -2.33. The number of aryl methyl sites for hydroxylation is 1. The molecule has 0 bridgehead atoms. The van der Waals surface area contributed by atoms with E-state index >= 15 is 0 Å². The summed E-state index contributed by atoms with van der Waals surface area (Å²) in [5, 5.41) is 0. The minimum atomic E-state index is 0.340. The number of hydrogen-bond donors (Lipinski definition) is 1. The highest BCUT2D eigenvalue weighted by Gasteiger charge is 2.21. The van der Waals surface area contributed by atoms with E-state index in [1.54, 1.807) is 0 Å². The molecule has 2 N–H and O–H groups in total. The molecule has 112 valence electrons. The molecule has 2 heterocycles. The molecule has 1 aliphatic rings. The average molecular weight is 277 g/mol. The van der Waals surface area contributed by atoms with Crippen LogP contribution < -0.4 is 10.6 Å². The first kappa shape index (κ1) is 15.3. The fourth-order valence-electron chi connectivity index (χ4n) is 2.82. The Bertz CT molecular complexity index is 420. The Morgan fingerprint density at radius 2 is 2.25 bits per heavy atom. The molecule has 4 heteroatoms. The van der Waals surface area contributed by atoms with Gasteiger partial charge in [-0.25, -0.2) is 4.98 Å². The number of aromatic nitrogens is 1. The number of anilines is 1. The molecule has 1 fully saturated rings. The van der Waals surface area contributed by atoms with Crippen LogP contribution >= 0.6 is 0 Å². The van der Waals surface area contributed by atoms with E-state index in [1.165, 1.54) is 12.0 Å². The first-order chi connectivity index (χ1) is 9.76. The average Bonchev–Trinajstić information content (AvgIpc) is 2.48. The Balaban J connectivity index is 2.15. The van der Waals surface area contributed by atoms with Crippen LogP contribution in [0.5, 0.6) is 0 Å². The van der Waals surface area contributed by atoms with Gasteiger partial charge in [0.1, 0.15) is 5.82 Å². The maximum Gasteiger partial charge on any atom is 0.129 e. The van der Waals surface area contributed by atoms with Crippen molar-refractivity contribution in [3.8, 4) is 0 Å². The number of nitrogens with zero attached hydrogens (tertiary/aromatic N) is 2. The fourth-order valence-corrected chi connectivity index (χ4v) is 2.82. The number of ether oxygens (including phenoxy) is 1. The highest BCUT2D eigenvalue weighted by atomic mass is 16.5. The van der Waals surface area contributed by atoms with E-state index in [-0.39, 0.29) is 0 Å². The van der Waals surface area contributed by atoms with Crippen molar-refractivity contribution in [2.24, 2.45) is 5.73 Å². The van der Waals surface area contributed by atoms with E-state index in [0.29, 0.717) is 12.6 Å². The third kappa shape index (κ3) is 3.93. The molecule has 1 aliphatic heterocycles. The molecule has 20 heavy (non-hydrogen) atoms. The second kappa shape index (κ2) is 7.60. The Kier molecular flexibility index (Phi) is 5.80. The monoisotopic (exact) mass is 277 g/mol. The van der Waals surface area contributed by atoms with E-state index in [1.807, 2.05) is 0 Å². The first-order valence-electron chi connectivity index (χ1n) is 7.83. The zero-order chi connectivity index (χ0) is 14.4. The van der Waals surface area contributed by atoms with Gasteiger partial charge in [-0.05, 0) is 43.9 Å². The lowest BCUT2D eigenvalue weighted by atomic mass is 10.1. The maximum atomic E-state index is 5.82. The van der Waals surface area contributed by atoms with Gasteiger partial charge in [0.2, 0.25) is 0 Å². The van der Waals surface area contributed by atoms with Gasteiger partial charge in [0, 0.05) is 31.9 Å². The van der Waals surface area contributed by atoms with Gasteiger partial charge in [0.25, 0.3) is 0 Å². The van der Waals surface area contributed by atoms with Crippen LogP contribution in [-0.4, -0.2) is 30.8 Å². The van der Waals surface area contributed by atoms with Crippen LogP contribution in [0, 0.1) is 0 Å². The molecule has 4 nitrogen and oxygen atoms in total. The van der Waals surface area contributed by atoms with E-state index in [9.17, 15) is 0 Å². The Morgan fingerprint density at radius 3 is 2.95 bits per heavy atom. The molecule has 2 rings (SSSR count). The van der Waals surface area contributed by atoms with Crippen molar-refractivity contribution in [2.45, 2.75) is 52.2 Å². The highest BCUT2D eigenvalue weighted by Crippen LogP contribution is 2.22. The van der Waals surface area contributed by atoms with E-state index < -0.39 is 0 Å². The van der Waals surface area contributed by atoms with Crippen LogP contribution in [0.15, 0.2) is 12.1 Å². The van der Waals surface area contributed by atoms with E-state index in [4.69, 9.17) is 15.5 Å². The number of nitrogens with two attached hydrogens (primary N) is 1. The van der Waals surface area contributed by atoms with Gasteiger partial charge in [-0.1, -0.05) is 13.3 Å². The molecule has 1 saturated heterocycles. The summed E-state index contributed by atoms with van der Waals surface area (Å²) in [6, 6.07) is 4.27. The standard InChI is InChI=1S/C16H27N3O/c1-3-6-14-9-13(11-17)10-16(18-14)19-8-5-7-15(12-19)20-4-2/h9-10,15H,3-8,11-12,17H2,1-2H3. The van der Waals surface area contributed by atoms with Gasteiger partial charge in [0.15, 0.2) is 0 Å². The van der Waals surface area contributed by atoms with Crippen molar-refractivity contribution >= 4 is 5.82 Å². The van der Waals surface area contributed by atoms with E-state index in [2.05, 4.69) is 30.9 Å². The summed E-state index contributed by atoms with van der Waals surface area (Å²) in [5.74, 6) is 1.07. The summed E-state index contributed by atoms with van der Waals surface area (Å²) in [7, 11) is 0. The second-order valence-corrected chi connectivity index (χ2v) is 5.44. The number of pyridine rings is 1. The van der Waals surface area contributed by atoms with Crippen LogP contribution in [0.1, 0.15) is 44.4 Å². The zero-order valence-electron chi connectivity index (χ0n) is 12.8. The molecular weight excluding hydrogens is 250 g/mol. The maximum absolute atomic E-state index is 5.82. The molecule has 1 aromatic heterocycles. The molecule has 1 aromatic rings. The Labute approximate surface area is 122 Å². The SMILES string of the molecule is CCCc1cc(CN)cc(N2CCCC(OCC)C2)n1. The Morgan fingerprint density at radius 1 is 1.40 bits per heavy atom. The van der Waals surface area contributed by atoms with E-state index in [0.717, 1.165) is 50.5 Å². The number of piperidine rings is 1. The van der Waals surface area contributed by atoms with Gasteiger partial charge < -0.3 is 15.4 Å². The number of rotatable bonds is 6. The summed E-state index contributed by atoms with van der Waals surface area (Å²) in [4.78, 5) is 7.15. The summed E-state index contributed by atoms with van der Waals surface area (Å²) in [6.07, 6.45) is 4.79. The third-order valence-electron chi connectivity index (χ3n) is 3.77. The minimum Gasteiger partial charge on any atom is -0.377 e. The van der Waals surface area contributed by atoms with Gasteiger partial charge in [-0.15, -0.1) is 0 Å². The number of hydrogen-bond acceptors (Lipinski definition) is 4. The van der Waals surface area contributed by atoms with Crippen molar-refractivity contribution < 1.29 is 4.74 Å². The molecule has 0 spiro atoms. The summed E-state index contributed by atoms with van der Waals surface area (Å²) in [5.41, 5.74) is 8.15. The predicted molar refractivity (Wildman–Crippen MR) is 83.0 cm³/mol. The summed E-state index contributed by atoms with van der Waals surface area (Å²) in [6.45, 7) is 7.62. The van der Waals surface area contributed by atoms with Crippen LogP contribution in [-0.2, 0) is 17.7 Å². The molecule has 0 aliphatic carbocycles. The van der Waals surface area contributed by atoms with Crippen molar-refractivity contribution in [1.82, 2.24) is 4.98 Å². The zero-order valence-corrected chi connectivity index (χ0v) is 12.8. The molecule has 0 amide bonds. The topological polar surface area (TPSA) is 51.4 Å². The van der Waals surface area contributed by atoms with Gasteiger partial charge in [-0.3, -0.25) is 0 Å². The minimum absolute atomic E-state index is 0.340.